The third-order valence-electron chi connectivity index (χ3n) is 4.23. The van der Waals surface area contributed by atoms with Crippen molar-refractivity contribution in [3.63, 3.8) is 0 Å². The monoisotopic (exact) mass is 459 g/mol. The smallest absolute Gasteiger partial charge is 0.394 e. The Morgan fingerprint density at radius 3 is 2.58 bits per heavy atom. The Morgan fingerprint density at radius 2 is 1.91 bits per heavy atom. The van der Waals surface area contributed by atoms with Gasteiger partial charge in [0, 0.05) is 35.7 Å². The first-order valence-electron chi connectivity index (χ1n) is 9.85. The van der Waals surface area contributed by atoms with Gasteiger partial charge in [-0.05, 0) is 31.2 Å². The summed E-state index contributed by atoms with van der Waals surface area (Å²) in [6.07, 6.45) is 3.53. The van der Waals surface area contributed by atoms with E-state index in [2.05, 4.69) is 31.3 Å². The van der Waals surface area contributed by atoms with Crippen LogP contribution in [0.2, 0.25) is 0 Å². The molecule has 0 saturated heterocycles. The van der Waals surface area contributed by atoms with Gasteiger partial charge in [-0.3, -0.25) is 0 Å². The minimum atomic E-state index is -3.37. The normalized spacial score (nSPS) is 12.4. The van der Waals surface area contributed by atoms with Crippen molar-refractivity contribution in [2.75, 3.05) is 5.32 Å². The molecule has 33 heavy (non-hydrogen) atoms. The van der Waals surface area contributed by atoms with E-state index in [4.69, 9.17) is 0 Å². The molecule has 5 nitrogen and oxygen atoms in total. The number of hydrogen-bond donors (Lipinski definition) is 1. The third-order valence-corrected chi connectivity index (χ3v) is 4.23. The Kier molecular flexibility index (Phi) is 7.32. The first-order valence-corrected chi connectivity index (χ1v) is 9.85. The van der Waals surface area contributed by atoms with Gasteiger partial charge in [0.2, 0.25) is 0 Å². The van der Waals surface area contributed by atoms with Crippen LogP contribution in [0.25, 0.3) is 16.5 Å². The van der Waals surface area contributed by atoms with Crippen molar-refractivity contribution in [1.82, 2.24) is 9.97 Å². The molecule has 0 aliphatic rings. The second-order valence-corrected chi connectivity index (χ2v) is 6.87. The summed E-state index contributed by atoms with van der Waals surface area (Å²) in [4.78, 5) is 9.02. The molecule has 1 aromatic heterocycles. The van der Waals surface area contributed by atoms with Gasteiger partial charge in [-0.15, -0.1) is 0 Å². The number of allylic oxidation sites excluding steroid dienone is 5. The summed E-state index contributed by atoms with van der Waals surface area (Å²) in [5, 5.41) is 3.56. The van der Waals surface area contributed by atoms with Crippen LogP contribution in [0.5, 0.6) is 11.5 Å². The van der Waals surface area contributed by atoms with Crippen molar-refractivity contribution in [3.05, 3.63) is 79.2 Å². The molecule has 1 N–H and O–H groups in total. The molecule has 2 aromatic carbocycles. The highest BCUT2D eigenvalue weighted by molar-refractivity contribution is 5.93. The summed E-state index contributed by atoms with van der Waals surface area (Å²) in [7, 11) is 0. The maximum Gasteiger partial charge on any atom is 0.394 e. The summed E-state index contributed by atoms with van der Waals surface area (Å²) >= 11 is 0. The molecule has 172 valence electrons. The van der Waals surface area contributed by atoms with Gasteiger partial charge >= 0.3 is 12.7 Å². The molecule has 0 bridgehead atoms. The number of ether oxygens (including phenoxy) is 2. The first-order chi connectivity index (χ1) is 15.7. The number of nitrogens with one attached hydrogen (secondary N) is 1. The Hall–Kier alpha value is -3.88. The molecule has 1 heterocycles. The van der Waals surface area contributed by atoms with Gasteiger partial charge < -0.3 is 14.8 Å². The number of fused-ring (bicyclic) bond motifs is 1. The molecule has 0 atom stereocenters. The van der Waals surface area contributed by atoms with E-state index in [1.807, 2.05) is 13.0 Å². The van der Waals surface area contributed by atoms with Gasteiger partial charge in [0.1, 0.15) is 17.3 Å². The highest BCUT2D eigenvalue weighted by Crippen LogP contribution is 2.31. The van der Waals surface area contributed by atoms with Crippen LogP contribution in [0.15, 0.2) is 73.3 Å². The van der Waals surface area contributed by atoms with Crippen LogP contribution in [-0.4, -0.2) is 22.7 Å². The van der Waals surface area contributed by atoms with E-state index in [0.717, 1.165) is 0 Å². The van der Waals surface area contributed by atoms with E-state index < -0.39 is 12.7 Å². The van der Waals surface area contributed by atoms with Crippen LogP contribution < -0.4 is 14.8 Å². The van der Waals surface area contributed by atoms with Crippen LogP contribution in [-0.2, 0) is 0 Å². The molecule has 0 amide bonds. The van der Waals surface area contributed by atoms with E-state index in [0.29, 0.717) is 34.9 Å². The number of alkyl halides is 4. The maximum absolute atomic E-state index is 13.3. The van der Waals surface area contributed by atoms with E-state index in [-0.39, 0.29) is 17.3 Å². The SMILES string of the molecule is C=C/C(=C\C=C/C)c1nc(Nc2cccc(OC(F)F)c2)c2ccc(OC(C)(F)F)cc2n1. The fraction of sp³-hybridized carbons (Fsp3) is 0.167. The zero-order valence-electron chi connectivity index (χ0n) is 17.9. The minimum Gasteiger partial charge on any atom is -0.435 e. The average molecular weight is 459 g/mol. The number of rotatable bonds is 9. The van der Waals surface area contributed by atoms with Gasteiger partial charge in [-0.2, -0.15) is 17.6 Å². The van der Waals surface area contributed by atoms with Crippen LogP contribution in [0.4, 0.5) is 29.1 Å². The van der Waals surface area contributed by atoms with Crippen molar-refractivity contribution in [2.24, 2.45) is 0 Å². The van der Waals surface area contributed by atoms with Crippen LogP contribution in [0.1, 0.15) is 19.7 Å². The lowest BCUT2D eigenvalue weighted by Gasteiger charge is -2.15. The lowest BCUT2D eigenvalue weighted by Crippen LogP contribution is -2.19. The number of benzene rings is 2. The molecule has 3 rings (SSSR count). The lowest BCUT2D eigenvalue weighted by molar-refractivity contribution is -0.158. The van der Waals surface area contributed by atoms with Crippen molar-refractivity contribution in [1.29, 1.82) is 0 Å². The standard InChI is InChI=1S/C24H21F4N3O2/c1-4-6-8-15(5-2)21-30-20-14-18(33-24(3,27)28)11-12-19(20)22(31-21)29-16-9-7-10-17(13-16)32-23(25)26/h4-14,23H,2H2,1,3H3,(H,29,30,31)/b6-4-,15-8+. The maximum atomic E-state index is 13.3. The molecule has 0 aliphatic carbocycles. The first kappa shape index (κ1) is 23.8. The van der Waals surface area contributed by atoms with E-state index in [1.54, 1.807) is 30.4 Å². The second kappa shape index (κ2) is 10.2. The molecule has 0 saturated carbocycles. The van der Waals surface area contributed by atoms with Crippen molar-refractivity contribution in [2.45, 2.75) is 26.6 Å². The number of nitrogens with zero attached hydrogens (tertiary/aromatic N) is 2. The van der Waals surface area contributed by atoms with E-state index in [9.17, 15) is 17.6 Å². The summed E-state index contributed by atoms with van der Waals surface area (Å²) < 4.78 is 60.9. The molecular weight excluding hydrogens is 438 g/mol. The molecule has 3 aromatic rings. The fourth-order valence-corrected chi connectivity index (χ4v) is 2.92. The Morgan fingerprint density at radius 1 is 1.12 bits per heavy atom. The summed E-state index contributed by atoms with van der Waals surface area (Å²) in [5.74, 6) is 0.496. The third kappa shape index (κ3) is 6.55. The minimum absolute atomic E-state index is 0.0331. The highest BCUT2D eigenvalue weighted by atomic mass is 19.3. The predicted molar refractivity (Wildman–Crippen MR) is 120 cm³/mol. The molecule has 0 spiro atoms. The summed E-state index contributed by atoms with van der Waals surface area (Å²) in [6.45, 7) is 3.29. The number of halogens is 4. The molecule has 0 aliphatic heterocycles. The zero-order valence-corrected chi connectivity index (χ0v) is 17.9. The van der Waals surface area contributed by atoms with Gasteiger partial charge in [-0.1, -0.05) is 36.9 Å². The fourth-order valence-electron chi connectivity index (χ4n) is 2.92. The lowest BCUT2D eigenvalue weighted by atomic mass is 10.1. The van der Waals surface area contributed by atoms with E-state index >= 15 is 0 Å². The highest BCUT2D eigenvalue weighted by Gasteiger charge is 2.23. The molecule has 0 fully saturated rings. The topological polar surface area (TPSA) is 56.3 Å². The van der Waals surface area contributed by atoms with Crippen LogP contribution in [0, 0.1) is 0 Å². The number of aromatic nitrogens is 2. The molecule has 0 radical (unpaired) electrons. The molecular formula is C24H21F4N3O2. The Bertz CT molecular complexity index is 1200. The largest absolute Gasteiger partial charge is 0.435 e. The second-order valence-electron chi connectivity index (χ2n) is 6.87. The molecule has 9 heteroatoms. The predicted octanol–water partition coefficient (Wildman–Crippen LogP) is 7.11. The Balaban J connectivity index is 2.12. The summed E-state index contributed by atoms with van der Waals surface area (Å²) in [6, 6.07) is 10.2. The number of hydrogen-bond acceptors (Lipinski definition) is 5. The zero-order chi connectivity index (χ0) is 24.0. The van der Waals surface area contributed by atoms with Crippen LogP contribution >= 0.6 is 0 Å². The van der Waals surface area contributed by atoms with Gasteiger partial charge in [-0.25, -0.2) is 9.97 Å². The van der Waals surface area contributed by atoms with Gasteiger partial charge in [0.25, 0.3) is 0 Å². The summed E-state index contributed by atoms with van der Waals surface area (Å²) in [5.41, 5.74) is 1.34. The van der Waals surface area contributed by atoms with Crippen molar-refractivity contribution < 1.29 is 27.0 Å². The van der Waals surface area contributed by atoms with E-state index in [1.165, 1.54) is 30.3 Å². The molecule has 0 unspecified atom stereocenters. The Labute approximate surface area is 188 Å². The quantitative estimate of drug-likeness (QED) is 0.273. The van der Waals surface area contributed by atoms with Crippen molar-refractivity contribution in [3.8, 4) is 11.5 Å². The van der Waals surface area contributed by atoms with Gasteiger partial charge in [0.05, 0.1) is 5.52 Å². The van der Waals surface area contributed by atoms with Crippen LogP contribution in [0.3, 0.4) is 0 Å². The number of anilines is 2. The van der Waals surface area contributed by atoms with Crippen molar-refractivity contribution >= 4 is 28.0 Å². The average Bonchev–Trinajstić information content (AvgIpc) is 2.72. The van der Waals surface area contributed by atoms with Gasteiger partial charge in [0.15, 0.2) is 5.82 Å².